The van der Waals surface area contributed by atoms with Gasteiger partial charge in [-0.25, -0.2) is 9.07 Å². The molecule has 1 heterocycles. The molecule has 0 atom stereocenters. The molecule has 2 N–H and O–H groups in total. The minimum absolute atomic E-state index is 0.0739. The summed E-state index contributed by atoms with van der Waals surface area (Å²) in [7, 11) is 1.51. The lowest BCUT2D eigenvalue weighted by atomic mass is 10.1. The number of guanidine groups is 1. The first kappa shape index (κ1) is 20.4. The lowest BCUT2D eigenvalue weighted by Gasteiger charge is -2.15. The first-order valence-corrected chi connectivity index (χ1v) is 8.77. The lowest BCUT2D eigenvalue weighted by molar-refractivity contribution is -0.138. The molecule has 29 heavy (non-hydrogen) atoms. The number of aromatic nitrogens is 2. The monoisotopic (exact) mass is 405 g/mol. The highest BCUT2D eigenvalue weighted by atomic mass is 19.4. The molecule has 152 valence electrons. The van der Waals surface area contributed by atoms with Crippen LogP contribution >= 0.6 is 0 Å². The van der Waals surface area contributed by atoms with Crippen LogP contribution in [0.15, 0.2) is 65.8 Å². The minimum Gasteiger partial charge on any atom is -0.352 e. The Labute approximate surface area is 165 Å². The molecule has 0 unspecified atom stereocenters. The first-order chi connectivity index (χ1) is 13.9. The summed E-state index contributed by atoms with van der Waals surface area (Å²) in [5, 5.41) is 10.2. The molecule has 0 aliphatic heterocycles. The van der Waals surface area contributed by atoms with E-state index in [9.17, 15) is 17.6 Å². The number of aliphatic imine (C=N–C) groups is 1. The number of benzene rings is 2. The second-order valence-electron chi connectivity index (χ2n) is 6.17. The van der Waals surface area contributed by atoms with Crippen LogP contribution in [0.25, 0.3) is 5.69 Å². The van der Waals surface area contributed by atoms with Gasteiger partial charge < -0.3 is 10.6 Å². The van der Waals surface area contributed by atoms with Gasteiger partial charge in [-0.05, 0) is 35.9 Å². The molecule has 0 aliphatic carbocycles. The number of halogens is 4. The lowest BCUT2D eigenvalue weighted by Crippen LogP contribution is -2.36. The predicted octanol–water partition coefficient (Wildman–Crippen LogP) is 3.90. The Kier molecular flexibility index (Phi) is 6.16. The molecule has 0 saturated heterocycles. The summed E-state index contributed by atoms with van der Waals surface area (Å²) in [6, 6.07) is 14.0. The van der Waals surface area contributed by atoms with Crippen molar-refractivity contribution in [2.75, 3.05) is 7.05 Å². The smallest absolute Gasteiger partial charge is 0.352 e. The SMILES string of the molecule is CN=C(NCc1ccn(-c2ccccc2)n1)NCc1ccc(F)cc1C(F)(F)F. The number of rotatable bonds is 5. The summed E-state index contributed by atoms with van der Waals surface area (Å²) in [5.41, 5.74) is 0.559. The Morgan fingerprint density at radius 1 is 1.03 bits per heavy atom. The van der Waals surface area contributed by atoms with Gasteiger partial charge in [-0.15, -0.1) is 0 Å². The quantitative estimate of drug-likeness (QED) is 0.385. The highest BCUT2D eigenvalue weighted by Crippen LogP contribution is 2.32. The van der Waals surface area contributed by atoms with Crippen molar-refractivity contribution in [3.63, 3.8) is 0 Å². The van der Waals surface area contributed by atoms with Crippen LogP contribution < -0.4 is 10.6 Å². The van der Waals surface area contributed by atoms with Gasteiger partial charge in [0, 0.05) is 19.8 Å². The largest absolute Gasteiger partial charge is 0.416 e. The second-order valence-corrected chi connectivity index (χ2v) is 6.17. The third kappa shape index (κ3) is 5.34. The van der Waals surface area contributed by atoms with Crippen LogP contribution in [0, 0.1) is 5.82 Å². The molecule has 0 amide bonds. The number of nitrogens with one attached hydrogen (secondary N) is 2. The summed E-state index contributed by atoms with van der Waals surface area (Å²) < 4.78 is 54.2. The summed E-state index contributed by atoms with van der Waals surface area (Å²) in [6.07, 6.45) is -2.82. The van der Waals surface area contributed by atoms with Gasteiger partial charge in [0.05, 0.1) is 23.5 Å². The van der Waals surface area contributed by atoms with Gasteiger partial charge in [0.2, 0.25) is 0 Å². The van der Waals surface area contributed by atoms with Crippen LogP contribution in [0.2, 0.25) is 0 Å². The molecule has 0 bridgehead atoms. The normalized spacial score (nSPS) is 12.1. The van der Waals surface area contributed by atoms with Crippen molar-refractivity contribution in [1.82, 2.24) is 20.4 Å². The molecule has 0 spiro atoms. The Hall–Kier alpha value is -3.36. The van der Waals surface area contributed by atoms with E-state index in [-0.39, 0.29) is 12.1 Å². The van der Waals surface area contributed by atoms with Gasteiger partial charge >= 0.3 is 6.18 Å². The molecule has 9 heteroatoms. The summed E-state index contributed by atoms with van der Waals surface area (Å²) in [5.74, 6) is -0.630. The Bertz CT molecular complexity index is 980. The first-order valence-electron chi connectivity index (χ1n) is 8.77. The Morgan fingerprint density at radius 2 is 1.76 bits per heavy atom. The Balaban J connectivity index is 1.61. The van der Waals surface area contributed by atoms with Crippen LogP contribution in [-0.2, 0) is 19.3 Å². The van der Waals surface area contributed by atoms with Crippen molar-refractivity contribution in [3.8, 4) is 5.69 Å². The highest BCUT2D eigenvalue weighted by molar-refractivity contribution is 5.79. The predicted molar refractivity (Wildman–Crippen MR) is 102 cm³/mol. The number of alkyl halides is 3. The molecule has 0 radical (unpaired) electrons. The zero-order valence-electron chi connectivity index (χ0n) is 15.5. The summed E-state index contributed by atoms with van der Waals surface area (Å²) >= 11 is 0. The molecular weight excluding hydrogens is 386 g/mol. The van der Waals surface area contributed by atoms with E-state index in [1.54, 1.807) is 4.68 Å². The molecule has 2 aromatic carbocycles. The van der Waals surface area contributed by atoms with E-state index in [0.29, 0.717) is 18.6 Å². The van der Waals surface area contributed by atoms with Crippen molar-refractivity contribution < 1.29 is 17.6 Å². The third-order valence-corrected chi connectivity index (χ3v) is 4.15. The highest BCUT2D eigenvalue weighted by Gasteiger charge is 2.33. The Morgan fingerprint density at radius 3 is 2.45 bits per heavy atom. The molecule has 3 aromatic rings. The van der Waals surface area contributed by atoms with Crippen LogP contribution in [0.5, 0.6) is 0 Å². The fourth-order valence-electron chi connectivity index (χ4n) is 2.72. The fourth-order valence-corrected chi connectivity index (χ4v) is 2.72. The average molecular weight is 405 g/mol. The molecule has 0 saturated carbocycles. The topological polar surface area (TPSA) is 54.2 Å². The van der Waals surface area contributed by atoms with Crippen LogP contribution in [-0.4, -0.2) is 22.8 Å². The fraction of sp³-hybridized carbons (Fsp3) is 0.200. The van der Waals surface area contributed by atoms with Gasteiger partial charge in [-0.3, -0.25) is 4.99 Å². The average Bonchev–Trinajstić information content (AvgIpc) is 3.18. The van der Waals surface area contributed by atoms with Gasteiger partial charge in [-0.2, -0.15) is 18.3 Å². The van der Waals surface area contributed by atoms with E-state index < -0.39 is 17.6 Å². The van der Waals surface area contributed by atoms with E-state index >= 15 is 0 Å². The van der Waals surface area contributed by atoms with Gasteiger partial charge in [0.1, 0.15) is 5.82 Å². The number of hydrogen-bond acceptors (Lipinski definition) is 2. The van der Waals surface area contributed by atoms with Crippen LogP contribution in [0.4, 0.5) is 17.6 Å². The molecule has 5 nitrogen and oxygen atoms in total. The van der Waals surface area contributed by atoms with Crippen molar-refractivity contribution in [2.45, 2.75) is 19.3 Å². The van der Waals surface area contributed by atoms with E-state index in [0.717, 1.165) is 23.5 Å². The van der Waals surface area contributed by atoms with E-state index in [2.05, 4.69) is 20.7 Å². The number of nitrogens with zero attached hydrogens (tertiary/aromatic N) is 3. The van der Waals surface area contributed by atoms with Gasteiger partial charge in [0.25, 0.3) is 0 Å². The van der Waals surface area contributed by atoms with Crippen molar-refractivity contribution in [1.29, 1.82) is 0 Å². The zero-order valence-corrected chi connectivity index (χ0v) is 15.5. The number of hydrogen-bond donors (Lipinski definition) is 2. The summed E-state index contributed by atoms with van der Waals surface area (Å²) in [6.45, 7) is 0.169. The maximum Gasteiger partial charge on any atom is 0.416 e. The third-order valence-electron chi connectivity index (χ3n) is 4.15. The molecule has 0 fully saturated rings. The van der Waals surface area contributed by atoms with Crippen LogP contribution in [0.1, 0.15) is 16.8 Å². The summed E-state index contributed by atoms with van der Waals surface area (Å²) in [4.78, 5) is 4.00. The molecule has 3 rings (SSSR count). The maximum absolute atomic E-state index is 13.2. The molecule has 1 aromatic heterocycles. The maximum atomic E-state index is 13.2. The van der Waals surface area contributed by atoms with Crippen molar-refractivity contribution >= 4 is 5.96 Å². The standard InChI is InChI=1S/C20H19F4N5/c1-25-19(26-12-14-7-8-15(21)11-18(14)20(22,23)24)27-13-16-9-10-29(28-16)17-5-3-2-4-6-17/h2-11H,12-13H2,1H3,(H2,25,26,27). The van der Waals surface area contributed by atoms with E-state index in [1.807, 2.05) is 42.6 Å². The van der Waals surface area contributed by atoms with Crippen molar-refractivity contribution in [3.05, 3.63) is 83.4 Å². The van der Waals surface area contributed by atoms with Gasteiger partial charge in [0.15, 0.2) is 5.96 Å². The second kappa shape index (κ2) is 8.76. The zero-order chi connectivity index (χ0) is 20.9. The van der Waals surface area contributed by atoms with Crippen molar-refractivity contribution in [2.24, 2.45) is 4.99 Å². The molecular formula is C20H19F4N5. The minimum atomic E-state index is -4.64. The van der Waals surface area contributed by atoms with Crippen LogP contribution in [0.3, 0.4) is 0 Å². The molecule has 0 aliphatic rings. The van der Waals surface area contributed by atoms with E-state index in [1.165, 1.54) is 7.05 Å². The number of para-hydroxylation sites is 1. The van der Waals surface area contributed by atoms with E-state index in [4.69, 9.17) is 0 Å². The van der Waals surface area contributed by atoms with Gasteiger partial charge in [-0.1, -0.05) is 24.3 Å².